The van der Waals surface area contributed by atoms with Crippen LogP contribution in [-0.4, -0.2) is 26.4 Å². The van der Waals surface area contributed by atoms with Gasteiger partial charge in [0.05, 0.1) is 13.2 Å². The van der Waals surface area contributed by atoms with Crippen molar-refractivity contribution in [2.45, 2.75) is 44.6 Å². The Balaban J connectivity index is 2.38. The van der Waals surface area contributed by atoms with E-state index in [4.69, 9.17) is 15.2 Å². The number of nitrogens with two attached hydrogens (primary N) is 1. The fraction of sp³-hybridized carbons (Fsp3) is 0.647. The van der Waals surface area contributed by atoms with E-state index in [1.54, 1.807) is 7.11 Å². The second kappa shape index (κ2) is 6.59. The molecule has 0 saturated carbocycles. The van der Waals surface area contributed by atoms with E-state index < -0.39 is 0 Å². The zero-order valence-corrected chi connectivity index (χ0v) is 12.9. The predicted octanol–water partition coefficient (Wildman–Crippen LogP) is 3.12. The van der Waals surface area contributed by atoms with Crippen LogP contribution in [0.25, 0.3) is 0 Å². The molecule has 0 unspecified atom stereocenters. The van der Waals surface area contributed by atoms with Crippen molar-refractivity contribution in [1.29, 1.82) is 0 Å². The van der Waals surface area contributed by atoms with Crippen molar-refractivity contribution in [3.8, 4) is 5.75 Å². The Labute approximate surface area is 122 Å². The first-order chi connectivity index (χ1) is 9.63. The van der Waals surface area contributed by atoms with Crippen molar-refractivity contribution in [3.63, 3.8) is 0 Å². The predicted molar refractivity (Wildman–Crippen MR) is 82.2 cm³/mol. The van der Waals surface area contributed by atoms with Gasteiger partial charge in [-0.25, -0.2) is 0 Å². The van der Waals surface area contributed by atoms with Crippen LogP contribution in [0.4, 0.5) is 0 Å². The highest BCUT2D eigenvalue weighted by Crippen LogP contribution is 2.44. The van der Waals surface area contributed by atoms with Crippen LogP contribution in [0.15, 0.2) is 24.3 Å². The molecule has 0 bridgehead atoms. The van der Waals surface area contributed by atoms with Crippen LogP contribution in [-0.2, 0) is 10.2 Å². The standard InChI is InChI=1S/C17H27NO2/c1-13(2)16-12-17(8-10-18,9-11-20-16)14-6-4-5-7-15(14)19-3/h4-7,13,16H,8-12,18H2,1-3H3/t16-,17+/m0/s1. The number of para-hydroxylation sites is 1. The zero-order valence-electron chi connectivity index (χ0n) is 12.9. The largest absolute Gasteiger partial charge is 0.496 e. The minimum absolute atomic E-state index is 0.0918. The van der Waals surface area contributed by atoms with Crippen LogP contribution in [0.2, 0.25) is 0 Å². The van der Waals surface area contributed by atoms with Gasteiger partial charge in [0.2, 0.25) is 0 Å². The molecular formula is C17H27NO2. The molecule has 0 aromatic heterocycles. The fourth-order valence-electron chi connectivity index (χ4n) is 3.35. The average molecular weight is 277 g/mol. The molecule has 3 nitrogen and oxygen atoms in total. The Kier molecular flexibility index (Phi) is 5.06. The van der Waals surface area contributed by atoms with E-state index in [1.807, 2.05) is 12.1 Å². The highest BCUT2D eigenvalue weighted by molar-refractivity contribution is 5.40. The summed E-state index contributed by atoms with van der Waals surface area (Å²) in [7, 11) is 1.74. The van der Waals surface area contributed by atoms with Gasteiger partial charge in [0.15, 0.2) is 0 Å². The average Bonchev–Trinajstić information content (AvgIpc) is 2.47. The Bertz CT molecular complexity index is 429. The summed E-state index contributed by atoms with van der Waals surface area (Å²) in [6.07, 6.45) is 3.34. The van der Waals surface area contributed by atoms with Crippen LogP contribution in [0.3, 0.4) is 0 Å². The summed E-state index contributed by atoms with van der Waals surface area (Å²) in [5, 5.41) is 0. The van der Waals surface area contributed by atoms with Crippen LogP contribution >= 0.6 is 0 Å². The third-order valence-electron chi connectivity index (χ3n) is 4.55. The topological polar surface area (TPSA) is 44.5 Å². The van der Waals surface area contributed by atoms with Gasteiger partial charge in [-0.3, -0.25) is 0 Å². The van der Waals surface area contributed by atoms with Crippen LogP contribution < -0.4 is 10.5 Å². The number of hydrogen-bond acceptors (Lipinski definition) is 3. The zero-order chi connectivity index (χ0) is 14.6. The fourth-order valence-corrected chi connectivity index (χ4v) is 3.35. The Morgan fingerprint density at radius 3 is 2.80 bits per heavy atom. The Morgan fingerprint density at radius 2 is 2.15 bits per heavy atom. The summed E-state index contributed by atoms with van der Waals surface area (Å²) in [6, 6.07) is 8.36. The van der Waals surface area contributed by atoms with E-state index in [0.29, 0.717) is 18.6 Å². The molecule has 0 aliphatic carbocycles. The smallest absolute Gasteiger partial charge is 0.122 e. The first-order valence-electron chi connectivity index (χ1n) is 7.58. The lowest BCUT2D eigenvalue weighted by Crippen LogP contribution is -2.42. The summed E-state index contributed by atoms with van der Waals surface area (Å²) in [6.45, 7) is 5.96. The van der Waals surface area contributed by atoms with Gasteiger partial charge in [0.1, 0.15) is 5.75 Å². The lowest BCUT2D eigenvalue weighted by atomic mass is 9.68. The van der Waals surface area contributed by atoms with E-state index in [0.717, 1.165) is 31.6 Å². The maximum absolute atomic E-state index is 5.95. The highest BCUT2D eigenvalue weighted by Gasteiger charge is 2.40. The number of methoxy groups -OCH3 is 1. The van der Waals surface area contributed by atoms with Crippen molar-refractivity contribution in [1.82, 2.24) is 0 Å². The molecule has 1 heterocycles. The first-order valence-corrected chi connectivity index (χ1v) is 7.58. The molecule has 2 N–H and O–H groups in total. The molecule has 0 radical (unpaired) electrons. The molecule has 112 valence electrons. The summed E-state index contributed by atoms with van der Waals surface area (Å²) >= 11 is 0. The first kappa shape index (κ1) is 15.3. The molecular weight excluding hydrogens is 250 g/mol. The summed E-state index contributed by atoms with van der Waals surface area (Å²) in [5.41, 5.74) is 7.30. The second-order valence-corrected chi connectivity index (χ2v) is 6.13. The van der Waals surface area contributed by atoms with Gasteiger partial charge in [0.25, 0.3) is 0 Å². The normalized spacial score (nSPS) is 26.8. The highest BCUT2D eigenvalue weighted by atomic mass is 16.5. The molecule has 1 aliphatic heterocycles. The maximum atomic E-state index is 5.95. The molecule has 1 aromatic carbocycles. The lowest BCUT2D eigenvalue weighted by molar-refractivity contribution is -0.0469. The SMILES string of the molecule is COc1ccccc1[C@]1(CCN)CCO[C@H](C(C)C)C1. The monoisotopic (exact) mass is 277 g/mol. The van der Waals surface area contributed by atoms with Gasteiger partial charge < -0.3 is 15.2 Å². The molecule has 1 aromatic rings. The van der Waals surface area contributed by atoms with E-state index >= 15 is 0 Å². The van der Waals surface area contributed by atoms with Crippen molar-refractivity contribution >= 4 is 0 Å². The van der Waals surface area contributed by atoms with Gasteiger partial charge in [-0.1, -0.05) is 32.0 Å². The van der Waals surface area contributed by atoms with E-state index in [-0.39, 0.29) is 5.41 Å². The van der Waals surface area contributed by atoms with Crippen molar-refractivity contribution < 1.29 is 9.47 Å². The third-order valence-corrected chi connectivity index (χ3v) is 4.55. The van der Waals surface area contributed by atoms with Gasteiger partial charge in [-0.05, 0) is 37.8 Å². The van der Waals surface area contributed by atoms with Gasteiger partial charge >= 0.3 is 0 Å². The number of hydrogen-bond donors (Lipinski definition) is 1. The lowest BCUT2D eigenvalue weighted by Gasteiger charge is -2.43. The quantitative estimate of drug-likeness (QED) is 0.899. The van der Waals surface area contributed by atoms with Gasteiger partial charge in [-0.2, -0.15) is 0 Å². The van der Waals surface area contributed by atoms with Crippen LogP contribution in [0.5, 0.6) is 5.75 Å². The van der Waals surface area contributed by atoms with Gasteiger partial charge in [0, 0.05) is 17.6 Å². The number of benzene rings is 1. The molecule has 0 amide bonds. The second-order valence-electron chi connectivity index (χ2n) is 6.13. The van der Waals surface area contributed by atoms with Crippen LogP contribution in [0, 0.1) is 5.92 Å². The molecule has 1 saturated heterocycles. The van der Waals surface area contributed by atoms with Crippen LogP contribution in [0.1, 0.15) is 38.7 Å². The minimum Gasteiger partial charge on any atom is -0.496 e. The van der Waals surface area contributed by atoms with E-state index in [9.17, 15) is 0 Å². The summed E-state index contributed by atoms with van der Waals surface area (Å²) in [4.78, 5) is 0. The molecule has 3 heteroatoms. The molecule has 2 atom stereocenters. The Morgan fingerprint density at radius 1 is 1.40 bits per heavy atom. The Hall–Kier alpha value is -1.06. The molecule has 0 spiro atoms. The summed E-state index contributed by atoms with van der Waals surface area (Å²) in [5.74, 6) is 1.51. The van der Waals surface area contributed by atoms with Crippen molar-refractivity contribution in [2.24, 2.45) is 11.7 Å². The molecule has 1 fully saturated rings. The maximum Gasteiger partial charge on any atom is 0.122 e. The number of ether oxygens (including phenoxy) is 2. The third kappa shape index (κ3) is 2.99. The summed E-state index contributed by atoms with van der Waals surface area (Å²) < 4.78 is 11.5. The molecule has 20 heavy (non-hydrogen) atoms. The van der Waals surface area contributed by atoms with E-state index in [1.165, 1.54) is 5.56 Å². The van der Waals surface area contributed by atoms with Crippen molar-refractivity contribution in [3.05, 3.63) is 29.8 Å². The van der Waals surface area contributed by atoms with E-state index in [2.05, 4.69) is 26.0 Å². The molecule has 2 rings (SSSR count). The van der Waals surface area contributed by atoms with Crippen molar-refractivity contribution in [2.75, 3.05) is 20.3 Å². The number of rotatable bonds is 5. The van der Waals surface area contributed by atoms with Gasteiger partial charge in [-0.15, -0.1) is 0 Å². The minimum atomic E-state index is 0.0918. The molecule has 1 aliphatic rings.